The molecular formula is C33H46N6O5S. The van der Waals surface area contributed by atoms with Gasteiger partial charge in [0.25, 0.3) is 0 Å². The fourth-order valence-electron chi connectivity index (χ4n) is 4.73. The predicted octanol–water partition coefficient (Wildman–Crippen LogP) is 2.27. The third-order valence-corrected chi connectivity index (χ3v) is 7.22. The molecule has 45 heavy (non-hydrogen) atoms. The molecule has 0 bridgehead atoms. The van der Waals surface area contributed by atoms with Crippen LogP contribution in [0.4, 0.5) is 0 Å². The molecule has 0 saturated carbocycles. The summed E-state index contributed by atoms with van der Waals surface area (Å²) in [5.74, 6) is -2.28. The molecule has 12 heteroatoms. The Balaban J connectivity index is 2.13. The highest BCUT2D eigenvalue weighted by Crippen LogP contribution is 2.20. The normalized spacial score (nSPS) is 12.6. The van der Waals surface area contributed by atoms with Gasteiger partial charge in [0.2, 0.25) is 29.5 Å². The fraction of sp³-hybridized carbons (Fsp3) is 0.455. The number of nitrogens with one attached hydrogen (secondary N) is 5. The molecule has 0 fully saturated rings. The minimum Gasteiger partial charge on any atom is -0.380 e. The van der Waals surface area contributed by atoms with Gasteiger partial charge >= 0.3 is 0 Å². The molecule has 0 aliphatic rings. The summed E-state index contributed by atoms with van der Waals surface area (Å²) >= 11 is 5.05. The van der Waals surface area contributed by atoms with E-state index in [1.807, 2.05) is 54.6 Å². The smallest absolute Gasteiger partial charge is 0.243 e. The van der Waals surface area contributed by atoms with E-state index in [0.29, 0.717) is 50.2 Å². The van der Waals surface area contributed by atoms with E-state index in [4.69, 9.17) is 18.0 Å². The molecule has 0 aliphatic heterocycles. The van der Waals surface area contributed by atoms with Gasteiger partial charge in [0.05, 0.1) is 4.99 Å². The Kier molecular flexibility index (Phi) is 16.3. The van der Waals surface area contributed by atoms with E-state index in [1.165, 1.54) is 13.8 Å². The number of primary amides is 1. The average molecular weight is 639 g/mol. The molecule has 2 aromatic carbocycles. The Morgan fingerprint density at radius 3 is 1.73 bits per heavy atom. The van der Waals surface area contributed by atoms with E-state index in [1.54, 1.807) is 6.92 Å². The van der Waals surface area contributed by atoms with Crippen LogP contribution in [0.15, 0.2) is 54.6 Å². The standard InChI is InChI=1S/C33H46N6O5S/c1-22(40)35-19-9-7-13-28(31(34)42)38-32(43)29(14-8-10-20-36-24(3)45)39-33(44)30(37-23(2)41)21-25-15-17-27(18-16-25)26-11-5-4-6-12-26/h4-6,11-12,15-18,28-30H,7-10,13-14,19-21H2,1-3H3,(H2,34,42)(H,35,40)(H,36,45)(H,37,41)(H,38,43)(H,39,44)/t28-,29-,30-/m0/s1. The van der Waals surface area contributed by atoms with Gasteiger partial charge in [0.15, 0.2) is 0 Å². The minimum absolute atomic E-state index is 0.147. The molecule has 2 aromatic rings. The number of carbonyl (C=O) groups excluding carboxylic acids is 5. The second kappa shape index (κ2) is 19.9. The van der Waals surface area contributed by atoms with E-state index >= 15 is 0 Å². The van der Waals surface area contributed by atoms with Crippen molar-refractivity contribution >= 4 is 46.7 Å². The number of amides is 5. The van der Waals surface area contributed by atoms with Crippen LogP contribution in [-0.2, 0) is 30.4 Å². The molecule has 0 spiro atoms. The van der Waals surface area contributed by atoms with Crippen LogP contribution in [0.5, 0.6) is 0 Å². The summed E-state index contributed by atoms with van der Waals surface area (Å²) < 4.78 is 0. The molecule has 0 aromatic heterocycles. The third kappa shape index (κ3) is 14.8. The second-order valence-electron chi connectivity index (χ2n) is 11.0. The van der Waals surface area contributed by atoms with Gasteiger partial charge in [-0.15, -0.1) is 0 Å². The van der Waals surface area contributed by atoms with Gasteiger partial charge in [0, 0.05) is 33.4 Å². The van der Waals surface area contributed by atoms with Gasteiger partial charge in [0.1, 0.15) is 18.1 Å². The molecule has 2 rings (SSSR count). The minimum atomic E-state index is -0.968. The first kappa shape index (κ1) is 36.9. The Bertz CT molecular complexity index is 1290. The molecule has 11 nitrogen and oxygen atoms in total. The van der Waals surface area contributed by atoms with Crippen LogP contribution in [0.25, 0.3) is 11.1 Å². The van der Waals surface area contributed by atoms with Gasteiger partial charge < -0.3 is 32.3 Å². The molecule has 244 valence electrons. The zero-order valence-electron chi connectivity index (χ0n) is 26.3. The maximum atomic E-state index is 13.5. The Morgan fingerprint density at radius 2 is 1.18 bits per heavy atom. The monoisotopic (exact) mass is 638 g/mol. The van der Waals surface area contributed by atoms with Gasteiger partial charge in [-0.25, -0.2) is 0 Å². The van der Waals surface area contributed by atoms with Crippen LogP contribution in [-0.4, -0.2) is 65.7 Å². The summed E-state index contributed by atoms with van der Waals surface area (Å²) in [5, 5.41) is 14.0. The molecule has 0 radical (unpaired) electrons. The summed E-state index contributed by atoms with van der Waals surface area (Å²) in [6.45, 7) is 5.60. The number of benzene rings is 2. The van der Waals surface area contributed by atoms with Crippen molar-refractivity contribution in [3.63, 3.8) is 0 Å². The van der Waals surface area contributed by atoms with Crippen LogP contribution >= 0.6 is 12.2 Å². The first-order chi connectivity index (χ1) is 21.5. The SMILES string of the molecule is CC(=O)NCCCC[C@H](NC(=O)[C@H](CCCCNC(C)=S)NC(=O)[C@H](Cc1ccc(-c2ccccc2)cc1)NC(C)=O)C(N)=O. The Hall–Kier alpha value is -4.32. The lowest BCUT2D eigenvalue weighted by Gasteiger charge is -2.25. The van der Waals surface area contributed by atoms with Crippen LogP contribution < -0.4 is 32.3 Å². The lowest BCUT2D eigenvalue weighted by Crippen LogP contribution is -2.56. The Morgan fingerprint density at radius 1 is 0.644 bits per heavy atom. The summed E-state index contributed by atoms with van der Waals surface area (Å²) in [6.07, 6.45) is 3.22. The quantitative estimate of drug-likeness (QED) is 0.101. The maximum absolute atomic E-state index is 13.5. The summed E-state index contributed by atoms with van der Waals surface area (Å²) in [7, 11) is 0. The van der Waals surface area contributed by atoms with E-state index in [-0.39, 0.29) is 24.7 Å². The molecular weight excluding hydrogens is 592 g/mol. The lowest BCUT2D eigenvalue weighted by molar-refractivity contribution is -0.133. The highest BCUT2D eigenvalue weighted by molar-refractivity contribution is 7.80. The molecule has 0 heterocycles. The number of carbonyl (C=O) groups is 5. The van der Waals surface area contributed by atoms with Crippen LogP contribution in [0.3, 0.4) is 0 Å². The zero-order valence-corrected chi connectivity index (χ0v) is 27.1. The van der Waals surface area contributed by atoms with Gasteiger partial charge in [-0.3, -0.25) is 24.0 Å². The summed E-state index contributed by atoms with van der Waals surface area (Å²) in [5.41, 5.74) is 8.49. The predicted molar refractivity (Wildman–Crippen MR) is 179 cm³/mol. The van der Waals surface area contributed by atoms with Crippen LogP contribution in [0, 0.1) is 0 Å². The average Bonchev–Trinajstić information content (AvgIpc) is 2.99. The summed E-state index contributed by atoms with van der Waals surface area (Å²) in [4.78, 5) is 62.9. The lowest BCUT2D eigenvalue weighted by atomic mass is 9.99. The highest BCUT2D eigenvalue weighted by Gasteiger charge is 2.28. The Labute approximate surface area is 270 Å². The van der Waals surface area contributed by atoms with E-state index < -0.39 is 35.8 Å². The van der Waals surface area contributed by atoms with Crippen molar-refractivity contribution < 1.29 is 24.0 Å². The molecule has 3 atom stereocenters. The van der Waals surface area contributed by atoms with E-state index in [0.717, 1.165) is 16.7 Å². The highest BCUT2D eigenvalue weighted by atomic mass is 32.1. The van der Waals surface area contributed by atoms with Crippen molar-refractivity contribution in [1.29, 1.82) is 0 Å². The van der Waals surface area contributed by atoms with E-state index in [2.05, 4.69) is 26.6 Å². The molecule has 5 amide bonds. The number of unbranched alkanes of at least 4 members (excludes halogenated alkanes) is 2. The van der Waals surface area contributed by atoms with Crippen molar-refractivity contribution in [2.75, 3.05) is 13.1 Å². The topological polar surface area (TPSA) is 172 Å². The van der Waals surface area contributed by atoms with Crippen molar-refractivity contribution in [3.8, 4) is 11.1 Å². The third-order valence-electron chi connectivity index (χ3n) is 7.07. The maximum Gasteiger partial charge on any atom is 0.243 e. The molecule has 0 unspecified atom stereocenters. The van der Waals surface area contributed by atoms with Crippen LogP contribution in [0.1, 0.15) is 64.9 Å². The van der Waals surface area contributed by atoms with Gasteiger partial charge in [-0.2, -0.15) is 0 Å². The van der Waals surface area contributed by atoms with Crippen molar-refractivity contribution in [2.45, 2.75) is 83.8 Å². The fourth-order valence-corrected chi connectivity index (χ4v) is 4.83. The van der Waals surface area contributed by atoms with Gasteiger partial charge in [-0.1, -0.05) is 66.8 Å². The van der Waals surface area contributed by atoms with Gasteiger partial charge in [-0.05, 0) is 62.1 Å². The molecule has 0 saturated heterocycles. The number of thiocarbonyl (C=S) groups is 1. The molecule has 0 aliphatic carbocycles. The summed E-state index contributed by atoms with van der Waals surface area (Å²) in [6, 6.07) is 14.8. The van der Waals surface area contributed by atoms with Crippen LogP contribution in [0.2, 0.25) is 0 Å². The number of hydrogen-bond acceptors (Lipinski definition) is 6. The second-order valence-corrected chi connectivity index (χ2v) is 11.6. The zero-order chi connectivity index (χ0) is 33.2. The van der Waals surface area contributed by atoms with Crippen molar-refractivity contribution in [3.05, 3.63) is 60.2 Å². The van der Waals surface area contributed by atoms with E-state index in [9.17, 15) is 24.0 Å². The largest absolute Gasteiger partial charge is 0.380 e. The molecule has 7 N–H and O–H groups in total. The first-order valence-electron chi connectivity index (χ1n) is 15.3. The van der Waals surface area contributed by atoms with Crippen molar-refractivity contribution in [2.24, 2.45) is 5.73 Å². The number of nitrogens with two attached hydrogens (primary N) is 1. The number of hydrogen-bond donors (Lipinski definition) is 6. The first-order valence-corrected chi connectivity index (χ1v) is 15.7. The van der Waals surface area contributed by atoms with Crippen molar-refractivity contribution in [1.82, 2.24) is 26.6 Å². The number of rotatable bonds is 19.